The van der Waals surface area contributed by atoms with Gasteiger partial charge in [-0.15, -0.1) is 0 Å². The molecule has 0 aromatic rings. The van der Waals surface area contributed by atoms with Gasteiger partial charge in [0.2, 0.25) is 5.91 Å². The molecule has 1 amide bonds. The van der Waals surface area contributed by atoms with Crippen LogP contribution in [0.15, 0.2) is 12.7 Å². The van der Waals surface area contributed by atoms with Crippen LogP contribution in [-0.4, -0.2) is 39.1 Å². The molecule has 0 aliphatic carbocycles. The molecule has 1 aliphatic rings. The van der Waals surface area contributed by atoms with Gasteiger partial charge in [-0.3, -0.25) is 4.79 Å². The van der Waals surface area contributed by atoms with Crippen LogP contribution in [0.5, 0.6) is 0 Å². The third-order valence-electron chi connectivity index (χ3n) is 2.29. The minimum atomic E-state index is 0.0394. The molecule has 1 aliphatic heterocycles. The Kier molecular flexibility index (Phi) is 3.34. The highest BCUT2D eigenvalue weighted by molar-refractivity contribution is 14.1. The summed E-state index contributed by atoms with van der Waals surface area (Å²) in [4.78, 5) is 13.2. The Hall–Kier alpha value is -0.100. The quantitative estimate of drug-likeness (QED) is 0.415. The maximum absolute atomic E-state index is 11.3. The van der Waals surface area contributed by atoms with E-state index in [0.717, 1.165) is 19.6 Å². The maximum Gasteiger partial charge on any atom is 0.246 e. The smallest absolute Gasteiger partial charge is 0.246 e. The monoisotopic (exact) mass is 294 g/mol. The maximum atomic E-state index is 11.3. The van der Waals surface area contributed by atoms with Crippen molar-refractivity contribution in [2.45, 2.75) is 19.4 Å². The second kappa shape index (κ2) is 3.96. The number of carbonyl (C=O) groups is 1. The second-order valence-corrected chi connectivity index (χ2v) is 5.03. The van der Waals surface area contributed by atoms with E-state index in [1.165, 1.54) is 6.08 Å². The van der Waals surface area contributed by atoms with E-state index < -0.39 is 0 Å². The van der Waals surface area contributed by atoms with Crippen molar-refractivity contribution in [1.29, 1.82) is 0 Å². The van der Waals surface area contributed by atoms with E-state index in [1.54, 1.807) is 0 Å². The largest absolute Gasteiger partial charge is 0.336 e. The number of hydrogen-bond acceptors (Lipinski definition) is 2. The van der Waals surface area contributed by atoms with Gasteiger partial charge in [0.25, 0.3) is 0 Å². The first-order chi connectivity index (χ1) is 5.97. The van der Waals surface area contributed by atoms with Gasteiger partial charge >= 0.3 is 0 Å². The predicted molar refractivity (Wildman–Crippen MR) is 61.6 cm³/mol. The van der Waals surface area contributed by atoms with Crippen LogP contribution in [0.3, 0.4) is 0 Å². The van der Waals surface area contributed by atoms with Crippen LogP contribution in [0.2, 0.25) is 0 Å². The van der Waals surface area contributed by atoms with E-state index in [-0.39, 0.29) is 11.4 Å². The Morgan fingerprint density at radius 3 is 2.62 bits per heavy atom. The summed E-state index contributed by atoms with van der Waals surface area (Å²) in [6.07, 6.45) is 1.39. The Morgan fingerprint density at radius 1 is 1.54 bits per heavy atom. The van der Waals surface area contributed by atoms with Crippen molar-refractivity contribution >= 4 is 28.8 Å². The minimum Gasteiger partial charge on any atom is -0.336 e. The molecule has 1 fully saturated rings. The third kappa shape index (κ3) is 2.43. The molecule has 1 saturated heterocycles. The van der Waals surface area contributed by atoms with E-state index in [0.29, 0.717) is 0 Å². The zero-order valence-corrected chi connectivity index (χ0v) is 10.2. The summed E-state index contributed by atoms with van der Waals surface area (Å²) in [5.74, 6) is 0.0394. The summed E-state index contributed by atoms with van der Waals surface area (Å²) in [5, 5.41) is 0. The highest BCUT2D eigenvalue weighted by Gasteiger charge is 2.33. The molecular formula is C9H15IN2O. The summed E-state index contributed by atoms with van der Waals surface area (Å²) >= 11 is 2.31. The first-order valence-electron chi connectivity index (χ1n) is 4.32. The summed E-state index contributed by atoms with van der Waals surface area (Å²) < 4.78 is 2.25. The topological polar surface area (TPSA) is 23.6 Å². The van der Waals surface area contributed by atoms with Gasteiger partial charge in [0.05, 0.1) is 0 Å². The Bertz CT molecular complexity index is 228. The molecule has 3 nitrogen and oxygen atoms in total. The summed E-state index contributed by atoms with van der Waals surface area (Å²) in [5.41, 5.74) is 0.0669. The highest BCUT2D eigenvalue weighted by atomic mass is 127. The molecular weight excluding hydrogens is 279 g/mol. The van der Waals surface area contributed by atoms with E-state index in [4.69, 9.17) is 0 Å². The van der Waals surface area contributed by atoms with Crippen LogP contribution >= 0.6 is 22.9 Å². The molecule has 1 rings (SSSR count). The first kappa shape index (κ1) is 11.0. The summed E-state index contributed by atoms with van der Waals surface area (Å²) in [7, 11) is 0. The van der Waals surface area contributed by atoms with Crippen LogP contribution in [0.25, 0.3) is 0 Å². The van der Waals surface area contributed by atoms with Gasteiger partial charge in [-0.05, 0) is 19.9 Å². The van der Waals surface area contributed by atoms with Crippen molar-refractivity contribution in [3.05, 3.63) is 12.7 Å². The molecule has 0 unspecified atom stereocenters. The Balaban J connectivity index is 2.65. The van der Waals surface area contributed by atoms with Crippen LogP contribution in [-0.2, 0) is 4.79 Å². The molecule has 0 saturated carbocycles. The number of nitrogens with zero attached hydrogens (tertiary/aromatic N) is 2. The van der Waals surface area contributed by atoms with Crippen molar-refractivity contribution in [2.75, 3.05) is 19.6 Å². The minimum absolute atomic E-state index is 0.0394. The number of carbonyl (C=O) groups excluding carboxylic acids is 1. The van der Waals surface area contributed by atoms with Gasteiger partial charge in [0.15, 0.2) is 0 Å². The average Bonchev–Trinajstić information content (AvgIpc) is 2.08. The van der Waals surface area contributed by atoms with Gasteiger partial charge < -0.3 is 4.90 Å². The van der Waals surface area contributed by atoms with E-state index >= 15 is 0 Å². The standard InChI is InChI=1S/C9H15IN2O/c1-4-8(13)11-5-6-12(10)9(2,3)7-11/h4H,1,5-7H2,2-3H3. The lowest BCUT2D eigenvalue weighted by molar-refractivity contribution is -0.128. The lowest BCUT2D eigenvalue weighted by Gasteiger charge is -2.43. The zero-order chi connectivity index (χ0) is 10.1. The molecule has 13 heavy (non-hydrogen) atoms. The van der Waals surface area contributed by atoms with E-state index in [2.05, 4.69) is 46.4 Å². The van der Waals surface area contributed by atoms with Crippen molar-refractivity contribution in [3.63, 3.8) is 0 Å². The van der Waals surface area contributed by atoms with Crippen molar-refractivity contribution in [1.82, 2.24) is 8.01 Å². The van der Waals surface area contributed by atoms with E-state index in [9.17, 15) is 4.79 Å². The van der Waals surface area contributed by atoms with Gasteiger partial charge in [0.1, 0.15) is 0 Å². The summed E-state index contributed by atoms with van der Waals surface area (Å²) in [6.45, 7) is 10.3. The Labute approximate surface area is 93.3 Å². The van der Waals surface area contributed by atoms with E-state index in [1.807, 2.05) is 4.90 Å². The van der Waals surface area contributed by atoms with Gasteiger partial charge in [-0.25, -0.2) is 3.11 Å². The zero-order valence-electron chi connectivity index (χ0n) is 8.09. The molecule has 0 aromatic heterocycles. The fourth-order valence-corrected chi connectivity index (χ4v) is 1.82. The van der Waals surface area contributed by atoms with Gasteiger partial charge in [-0.1, -0.05) is 6.58 Å². The second-order valence-electron chi connectivity index (χ2n) is 3.86. The molecule has 0 atom stereocenters. The average molecular weight is 294 g/mol. The molecule has 4 heteroatoms. The highest BCUT2D eigenvalue weighted by Crippen LogP contribution is 2.24. The number of hydrogen-bond donors (Lipinski definition) is 0. The molecule has 0 N–H and O–H groups in total. The fourth-order valence-electron chi connectivity index (χ4n) is 1.45. The van der Waals surface area contributed by atoms with Gasteiger partial charge in [-0.2, -0.15) is 0 Å². The van der Waals surface area contributed by atoms with Crippen LogP contribution < -0.4 is 0 Å². The lowest BCUT2D eigenvalue weighted by Crippen LogP contribution is -2.56. The lowest BCUT2D eigenvalue weighted by atomic mass is 10.0. The van der Waals surface area contributed by atoms with Crippen LogP contribution in [0, 0.1) is 0 Å². The van der Waals surface area contributed by atoms with Crippen LogP contribution in [0.1, 0.15) is 13.8 Å². The molecule has 0 bridgehead atoms. The molecule has 0 radical (unpaired) electrons. The SMILES string of the molecule is C=CC(=O)N1CCN(I)C(C)(C)C1. The van der Waals surface area contributed by atoms with Crippen molar-refractivity contribution in [2.24, 2.45) is 0 Å². The molecule has 74 valence electrons. The molecule has 0 aromatic carbocycles. The number of rotatable bonds is 1. The fraction of sp³-hybridized carbons (Fsp3) is 0.667. The van der Waals surface area contributed by atoms with Crippen molar-refractivity contribution < 1.29 is 4.79 Å². The predicted octanol–water partition coefficient (Wildman–Crippen LogP) is 1.45. The Morgan fingerprint density at radius 2 is 2.15 bits per heavy atom. The third-order valence-corrected chi connectivity index (χ3v) is 4.08. The van der Waals surface area contributed by atoms with Crippen molar-refractivity contribution in [3.8, 4) is 0 Å². The first-order valence-corrected chi connectivity index (χ1v) is 5.28. The molecule has 1 heterocycles. The molecule has 0 spiro atoms. The summed E-state index contributed by atoms with van der Waals surface area (Å²) in [6, 6.07) is 0. The van der Waals surface area contributed by atoms with Crippen LogP contribution in [0.4, 0.5) is 0 Å². The number of piperazine rings is 1. The van der Waals surface area contributed by atoms with Gasteiger partial charge in [0, 0.05) is 48.0 Å². The normalized spacial score (nSPS) is 22.8. The number of amides is 1. The number of halogens is 1.